The highest BCUT2D eigenvalue weighted by Crippen LogP contribution is 2.34. The van der Waals surface area contributed by atoms with Crippen molar-refractivity contribution in [2.45, 2.75) is 52.5 Å². The minimum Gasteiger partial charge on any atom is -0.309 e. The van der Waals surface area contributed by atoms with E-state index in [0.717, 1.165) is 28.2 Å². The standard InChI is InChI=1S/C15H22BrNOS/c1-10(2)17(13-8-14(16)19-9-13)15(18)12-6-4-11(3)5-7-12/h8-12H,4-7H2,1-3H3. The first-order valence-electron chi connectivity index (χ1n) is 7.06. The Bertz CT molecular complexity index is 435. The predicted molar refractivity (Wildman–Crippen MR) is 85.8 cm³/mol. The van der Waals surface area contributed by atoms with E-state index in [9.17, 15) is 4.79 Å². The molecular formula is C15H22BrNOS. The van der Waals surface area contributed by atoms with Crippen LogP contribution in [0.3, 0.4) is 0 Å². The van der Waals surface area contributed by atoms with Crippen molar-refractivity contribution in [2.24, 2.45) is 11.8 Å². The zero-order chi connectivity index (χ0) is 14.0. The second-order valence-electron chi connectivity index (χ2n) is 5.87. The van der Waals surface area contributed by atoms with Crippen molar-refractivity contribution in [1.82, 2.24) is 0 Å². The van der Waals surface area contributed by atoms with Crippen LogP contribution in [0.2, 0.25) is 0 Å². The fraction of sp³-hybridized carbons (Fsp3) is 0.667. The van der Waals surface area contributed by atoms with Crippen molar-refractivity contribution in [3.63, 3.8) is 0 Å². The fourth-order valence-corrected chi connectivity index (χ4v) is 3.93. The van der Waals surface area contributed by atoms with Gasteiger partial charge in [-0.3, -0.25) is 4.79 Å². The molecule has 0 bridgehead atoms. The number of rotatable bonds is 3. The van der Waals surface area contributed by atoms with Crippen LogP contribution in [0, 0.1) is 11.8 Å². The molecule has 0 aromatic carbocycles. The van der Waals surface area contributed by atoms with E-state index in [0.29, 0.717) is 5.91 Å². The van der Waals surface area contributed by atoms with Crippen LogP contribution in [0.5, 0.6) is 0 Å². The van der Waals surface area contributed by atoms with Gasteiger partial charge in [0.05, 0.1) is 9.47 Å². The molecule has 0 saturated heterocycles. The molecule has 0 N–H and O–H groups in total. The van der Waals surface area contributed by atoms with Crippen LogP contribution in [0.4, 0.5) is 5.69 Å². The van der Waals surface area contributed by atoms with E-state index in [4.69, 9.17) is 0 Å². The molecule has 2 rings (SSSR count). The summed E-state index contributed by atoms with van der Waals surface area (Å²) in [6.07, 6.45) is 4.48. The molecule has 1 aromatic heterocycles. The Balaban J connectivity index is 2.13. The number of halogens is 1. The van der Waals surface area contributed by atoms with E-state index in [1.54, 1.807) is 11.3 Å². The van der Waals surface area contributed by atoms with E-state index >= 15 is 0 Å². The lowest BCUT2D eigenvalue weighted by atomic mass is 9.82. The van der Waals surface area contributed by atoms with Gasteiger partial charge < -0.3 is 4.90 Å². The quantitative estimate of drug-likeness (QED) is 0.749. The Labute approximate surface area is 128 Å². The van der Waals surface area contributed by atoms with Gasteiger partial charge in [0.2, 0.25) is 5.91 Å². The first kappa shape index (κ1) is 15.0. The number of carbonyl (C=O) groups is 1. The lowest BCUT2D eigenvalue weighted by molar-refractivity contribution is -0.123. The largest absolute Gasteiger partial charge is 0.309 e. The number of carbonyl (C=O) groups excluding carboxylic acids is 1. The predicted octanol–water partition coefficient (Wildman–Crippen LogP) is 5.08. The van der Waals surface area contributed by atoms with Crippen molar-refractivity contribution in [2.75, 3.05) is 4.90 Å². The first-order chi connectivity index (χ1) is 8.99. The number of hydrogen-bond acceptors (Lipinski definition) is 2. The Morgan fingerprint density at radius 1 is 1.37 bits per heavy atom. The molecule has 106 valence electrons. The van der Waals surface area contributed by atoms with E-state index in [2.05, 4.69) is 42.1 Å². The zero-order valence-corrected chi connectivity index (χ0v) is 14.3. The van der Waals surface area contributed by atoms with Crippen molar-refractivity contribution in [3.8, 4) is 0 Å². The van der Waals surface area contributed by atoms with Gasteiger partial charge in [-0.15, -0.1) is 11.3 Å². The molecule has 1 amide bonds. The third kappa shape index (κ3) is 3.60. The maximum Gasteiger partial charge on any atom is 0.230 e. The normalized spacial score (nSPS) is 23.6. The Kier molecular flexibility index (Phi) is 5.07. The second-order valence-corrected chi connectivity index (χ2v) is 8.16. The summed E-state index contributed by atoms with van der Waals surface area (Å²) in [4.78, 5) is 14.7. The fourth-order valence-electron chi connectivity index (χ4n) is 2.81. The SMILES string of the molecule is CC1CCC(C(=O)N(c2csc(Br)c2)C(C)C)CC1. The molecule has 0 radical (unpaired) electrons. The number of hydrogen-bond donors (Lipinski definition) is 0. The molecule has 2 nitrogen and oxygen atoms in total. The molecule has 1 heterocycles. The minimum atomic E-state index is 0.216. The van der Waals surface area contributed by atoms with Gasteiger partial charge in [-0.05, 0) is 67.4 Å². The average Bonchev–Trinajstić information content (AvgIpc) is 2.76. The van der Waals surface area contributed by atoms with Crippen LogP contribution < -0.4 is 4.90 Å². The lowest BCUT2D eigenvalue weighted by Crippen LogP contribution is -2.41. The molecule has 1 fully saturated rings. The number of thiophene rings is 1. The third-order valence-corrected chi connectivity index (χ3v) is 5.44. The maximum absolute atomic E-state index is 12.8. The summed E-state index contributed by atoms with van der Waals surface area (Å²) in [6.45, 7) is 6.47. The zero-order valence-electron chi connectivity index (χ0n) is 11.9. The lowest BCUT2D eigenvalue weighted by Gasteiger charge is -2.33. The summed E-state index contributed by atoms with van der Waals surface area (Å²) in [5.41, 5.74) is 1.04. The summed E-state index contributed by atoms with van der Waals surface area (Å²) in [7, 11) is 0. The van der Waals surface area contributed by atoms with Crippen molar-refractivity contribution >= 4 is 38.9 Å². The molecule has 0 unspecified atom stereocenters. The maximum atomic E-state index is 12.8. The highest BCUT2D eigenvalue weighted by atomic mass is 79.9. The van der Waals surface area contributed by atoms with Gasteiger partial charge in [-0.25, -0.2) is 0 Å². The average molecular weight is 344 g/mol. The van der Waals surface area contributed by atoms with Gasteiger partial charge in [0.1, 0.15) is 0 Å². The van der Waals surface area contributed by atoms with Crippen LogP contribution in [0.15, 0.2) is 15.2 Å². The van der Waals surface area contributed by atoms with Gasteiger partial charge >= 0.3 is 0 Å². The second kappa shape index (κ2) is 6.40. The molecule has 1 aliphatic rings. The van der Waals surface area contributed by atoms with Gasteiger partial charge in [0, 0.05) is 17.3 Å². The van der Waals surface area contributed by atoms with Gasteiger partial charge in [-0.1, -0.05) is 6.92 Å². The molecule has 1 aromatic rings. The Morgan fingerprint density at radius 2 is 2.00 bits per heavy atom. The minimum absolute atomic E-state index is 0.216. The molecule has 4 heteroatoms. The molecular weight excluding hydrogens is 322 g/mol. The van der Waals surface area contributed by atoms with Crippen LogP contribution >= 0.6 is 27.3 Å². The number of anilines is 1. The molecule has 0 aliphatic heterocycles. The van der Waals surface area contributed by atoms with E-state index in [1.165, 1.54) is 12.8 Å². The third-order valence-electron chi connectivity index (χ3n) is 3.95. The summed E-state index contributed by atoms with van der Waals surface area (Å²) in [6, 6.07) is 2.27. The van der Waals surface area contributed by atoms with Gasteiger partial charge in [0.15, 0.2) is 0 Å². The summed E-state index contributed by atoms with van der Waals surface area (Å²) in [5, 5.41) is 2.06. The van der Waals surface area contributed by atoms with E-state index in [1.807, 2.05) is 11.0 Å². The molecule has 0 atom stereocenters. The van der Waals surface area contributed by atoms with Crippen LogP contribution in [-0.2, 0) is 4.79 Å². The topological polar surface area (TPSA) is 20.3 Å². The van der Waals surface area contributed by atoms with Crippen LogP contribution in [0.1, 0.15) is 46.5 Å². The molecule has 19 heavy (non-hydrogen) atoms. The molecule has 1 aliphatic carbocycles. The van der Waals surface area contributed by atoms with Crippen LogP contribution in [0.25, 0.3) is 0 Å². The van der Waals surface area contributed by atoms with E-state index in [-0.39, 0.29) is 12.0 Å². The van der Waals surface area contributed by atoms with Crippen LogP contribution in [-0.4, -0.2) is 11.9 Å². The number of amides is 1. The Hall–Kier alpha value is -0.350. The van der Waals surface area contributed by atoms with Crippen molar-refractivity contribution < 1.29 is 4.79 Å². The first-order valence-corrected chi connectivity index (χ1v) is 8.73. The molecule has 1 saturated carbocycles. The smallest absolute Gasteiger partial charge is 0.230 e. The van der Waals surface area contributed by atoms with Crippen molar-refractivity contribution in [3.05, 3.63) is 15.2 Å². The van der Waals surface area contributed by atoms with Gasteiger partial charge in [0.25, 0.3) is 0 Å². The van der Waals surface area contributed by atoms with Crippen molar-refractivity contribution in [1.29, 1.82) is 0 Å². The van der Waals surface area contributed by atoms with E-state index < -0.39 is 0 Å². The monoisotopic (exact) mass is 343 g/mol. The molecule has 0 spiro atoms. The summed E-state index contributed by atoms with van der Waals surface area (Å²) < 4.78 is 1.08. The Morgan fingerprint density at radius 3 is 2.47 bits per heavy atom. The summed E-state index contributed by atoms with van der Waals surface area (Å²) >= 11 is 5.12. The highest BCUT2D eigenvalue weighted by molar-refractivity contribution is 9.11. The van der Waals surface area contributed by atoms with Gasteiger partial charge in [-0.2, -0.15) is 0 Å². The number of nitrogens with zero attached hydrogens (tertiary/aromatic N) is 1. The summed E-state index contributed by atoms with van der Waals surface area (Å²) in [5.74, 6) is 1.32. The highest BCUT2D eigenvalue weighted by Gasteiger charge is 2.30.